The first kappa shape index (κ1) is 14.7. The van der Waals surface area contributed by atoms with Crippen molar-refractivity contribution in [2.45, 2.75) is 33.2 Å². The molecule has 1 heterocycles. The van der Waals surface area contributed by atoms with Crippen molar-refractivity contribution in [3.05, 3.63) is 45.4 Å². The molecule has 2 rings (SSSR count). The molecule has 1 aromatic carbocycles. The third kappa shape index (κ3) is 3.65. The minimum absolute atomic E-state index is 0.0553. The van der Waals surface area contributed by atoms with Crippen LogP contribution < -0.4 is 11.1 Å². The smallest absolute Gasteiger partial charge is 0.230 e. The van der Waals surface area contributed by atoms with Gasteiger partial charge in [0, 0.05) is 11.1 Å². The molecule has 1 amide bonds. The molecule has 3 N–H and O–H groups in total. The Labute approximate surface area is 123 Å². The van der Waals surface area contributed by atoms with Gasteiger partial charge in [-0.15, -0.1) is 11.3 Å². The van der Waals surface area contributed by atoms with E-state index < -0.39 is 0 Å². The normalized spacial score (nSPS) is 12.2. The maximum absolute atomic E-state index is 12.0. The highest BCUT2D eigenvalue weighted by Crippen LogP contribution is 2.18. The number of carbonyl (C=O) groups excluding carboxylic acids is 1. The molecule has 0 radical (unpaired) electrons. The second-order valence-corrected chi connectivity index (χ2v) is 5.90. The lowest BCUT2D eigenvalue weighted by Gasteiger charge is -2.08. The number of amides is 1. The topological polar surface area (TPSA) is 68.0 Å². The Morgan fingerprint density at radius 3 is 2.85 bits per heavy atom. The number of aryl methyl sites for hydroxylation is 2. The Hall–Kier alpha value is -1.72. The van der Waals surface area contributed by atoms with Crippen molar-refractivity contribution in [1.29, 1.82) is 0 Å². The number of nitrogens with zero attached hydrogens (tertiary/aromatic N) is 1. The molecular weight excluding hydrogens is 270 g/mol. The van der Waals surface area contributed by atoms with E-state index in [0.717, 1.165) is 27.5 Å². The number of rotatable bonds is 4. The van der Waals surface area contributed by atoms with Crippen LogP contribution in [0.3, 0.4) is 0 Å². The van der Waals surface area contributed by atoms with Crippen molar-refractivity contribution in [3.8, 4) is 0 Å². The molecule has 106 valence electrons. The Morgan fingerprint density at radius 1 is 1.45 bits per heavy atom. The van der Waals surface area contributed by atoms with Gasteiger partial charge in [0.2, 0.25) is 5.91 Å². The number of carbonyl (C=O) groups is 1. The van der Waals surface area contributed by atoms with E-state index in [0.29, 0.717) is 0 Å². The van der Waals surface area contributed by atoms with Crippen molar-refractivity contribution < 1.29 is 4.79 Å². The maximum atomic E-state index is 12.0. The highest BCUT2D eigenvalue weighted by Gasteiger charge is 2.11. The summed E-state index contributed by atoms with van der Waals surface area (Å²) in [5.74, 6) is -0.0553. The predicted octanol–water partition coefficient (Wildman–Crippen LogP) is 2.96. The molecule has 1 unspecified atom stereocenters. The highest BCUT2D eigenvalue weighted by molar-refractivity contribution is 7.09. The van der Waals surface area contributed by atoms with Gasteiger partial charge >= 0.3 is 0 Å². The Morgan fingerprint density at radius 2 is 2.20 bits per heavy atom. The molecule has 0 bridgehead atoms. The van der Waals surface area contributed by atoms with Gasteiger partial charge in [-0.25, -0.2) is 4.98 Å². The van der Waals surface area contributed by atoms with Gasteiger partial charge in [-0.2, -0.15) is 0 Å². The summed E-state index contributed by atoms with van der Waals surface area (Å²) in [4.78, 5) is 16.4. The zero-order valence-electron chi connectivity index (χ0n) is 11.9. The van der Waals surface area contributed by atoms with Gasteiger partial charge in [-0.1, -0.05) is 12.1 Å². The Kier molecular flexibility index (Phi) is 4.52. The van der Waals surface area contributed by atoms with Crippen molar-refractivity contribution in [3.63, 3.8) is 0 Å². The molecule has 4 nitrogen and oxygen atoms in total. The quantitative estimate of drug-likeness (QED) is 0.909. The summed E-state index contributed by atoms with van der Waals surface area (Å²) in [7, 11) is 0. The van der Waals surface area contributed by atoms with Gasteiger partial charge in [0.1, 0.15) is 5.01 Å². The van der Waals surface area contributed by atoms with Crippen molar-refractivity contribution in [2.75, 3.05) is 5.32 Å². The number of nitrogens with one attached hydrogen (secondary N) is 1. The maximum Gasteiger partial charge on any atom is 0.230 e. The number of hydrogen-bond acceptors (Lipinski definition) is 4. The van der Waals surface area contributed by atoms with Crippen LogP contribution in [0.4, 0.5) is 5.69 Å². The molecule has 0 saturated carbocycles. The summed E-state index contributed by atoms with van der Waals surface area (Å²) < 4.78 is 0. The molecule has 1 aromatic heterocycles. The van der Waals surface area contributed by atoms with Gasteiger partial charge in [0.25, 0.3) is 0 Å². The summed E-state index contributed by atoms with van der Waals surface area (Å²) in [5, 5.41) is 5.68. The molecule has 0 aliphatic rings. The summed E-state index contributed by atoms with van der Waals surface area (Å²) in [6, 6.07) is 5.92. The number of hydrogen-bond donors (Lipinski definition) is 2. The minimum Gasteiger partial charge on any atom is -0.325 e. The third-order valence-electron chi connectivity index (χ3n) is 2.97. The van der Waals surface area contributed by atoms with E-state index >= 15 is 0 Å². The van der Waals surface area contributed by atoms with Crippen molar-refractivity contribution in [2.24, 2.45) is 5.73 Å². The molecule has 20 heavy (non-hydrogen) atoms. The van der Waals surface area contributed by atoms with Crippen molar-refractivity contribution in [1.82, 2.24) is 4.98 Å². The van der Waals surface area contributed by atoms with E-state index in [1.165, 1.54) is 11.3 Å². The van der Waals surface area contributed by atoms with Gasteiger partial charge in [0.05, 0.1) is 18.2 Å². The van der Waals surface area contributed by atoms with Crippen LogP contribution in [0.25, 0.3) is 0 Å². The molecular formula is C15H19N3OS. The van der Waals surface area contributed by atoms with Gasteiger partial charge in [-0.3, -0.25) is 4.79 Å². The fraction of sp³-hybridized carbons (Fsp3) is 0.333. The molecule has 0 aliphatic carbocycles. The number of aromatic nitrogens is 1. The van der Waals surface area contributed by atoms with Gasteiger partial charge in [0.15, 0.2) is 0 Å². The Balaban J connectivity index is 2.03. The molecule has 0 spiro atoms. The van der Waals surface area contributed by atoms with Crippen LogP contribution in [0, 0.1) is 13.8 Å². The largest absolute Gasteiger partial charge is 0.325 e. The summed E-state index contributed by atoms with van der Waals surface area (Å²) >= 11 is 1.50. The van der Waals surface area contributed by atoms with Gasteiger partial charge < -0.3 is 11.1 Å². The van der Waals surface area contributed by atoms with Crippen LogP contribution in [0.1, 0.15) is 34.8 Å². The predicted molar refractivity (Wildman–Crippen MR) is 83.0 cm³/mol. The highest BCUT2D eigenvalue weighted by atomic mass is 32.1. The average Bonchev–Trinajstić information content (AvgIpc) is 2.82. The van der Waals surface area contributed by atoms with E-state index in [4.69, 9.17) is 5.73 Å². The minimum atomic E-state index is -0.0872. The third-order valence-corrected chi connectivity index (χ3v) is 4.06. The first-order valence-electron chi connectivity index (χ1n) is 6.52. The molecule has 1 atom stereocenters. The van der Waals surface area contributed by atoms with Crippen molar-refractivity contribution >= 4 is 22.9 Å². The second-order valence-electron chi connectivity index (χ2n) is 5.01. The molecule has 5 heteroatoms. The molecule has 0 aliphatic heterocycles. The molecule has 2 aromatic rings. The number of anilines is 1. The zero-order valence-corrected chi connectivity index (χ0v) is 12.8. The SMILES string of the molecule is Cc1ccc(C)c(NC(=O)Cc2csc(C(C)N)n2)c1. The van der Waals surface area contributed by atoms with E-state index in [1.54, 1.807) is 0 Å². The van der Waals surface area contributed by atoms with Crippen LogP contribution in [0.2, 0.25) is 0 Å². The Bertz CT molecular complexity index is 619. The summed E-state index contributed by atoms with van der Waals surface area (Å²) in [5.41, 5.74) is 9.57. The first-order valence-corrected chi connectivity index (χ1v) is 7.40. The average molecular weight is 289 g/mol. The number of benzene rings is 1. The molecule has 0 saturated heterocycles. The fourth-order valence-electron chi connectivity index (χ4n) is 1.84. The van der Waals surface area contributed by atoms with E-state index in [2.05, 4.69) is 10.3 Å². The van der Waals surface area contributed by atoms with E-state index in [9.17, 15) is 4.79 Å². The lowest BCUT2D eigenvalue weighted by Crippen LogP contribution is -2.15. The van der Waals surface area contributed by atoms with Crippen LogP contribution in [0.15, 0.2) is 23.6 Å². The second kappa shape index (κ2) is 6.15. The number of nitrogens with two attached hydrogens (primary N) is 1. The van der Waals surface area contributed by atoms with Crippen LogP contribution in [0.5, 0.6) is 0 Å². The lowest BCUT2D eigenvalue weighted by molar-refractivity contribution is -0.115. The summed E-state index contributed by atoms with van der Waals surface area (Å²) in [6.45, 7) is 5.87. The van der Waals surface area contributed by atoms with Crippen LogP contribution in [-0.4, -0.2) is 10.9 Å². The van der Waals surface area contributed by atoms with E-state index in [1.807, 2.05) is 44.4 Å². The van der Waals surface area contributed by atoms with Crippen LogP contribution in [-0.2, 0) is 11.2 Å². The monoisotopic (exact) mass is 289 g/mol. The molecule has 0 fully saturated rings. The fourth-order valence-corrected chi connectivity index (χ4v) is 2.62. The first-order chi connectivity index (χ1) is 9.45. The summed E-state index contributed by atoms with van der Waals surface area (Å²) in [6.07, 6.45) is 0.274. The number of thiazole rings is 1. The zero-order chi connectivity index (χ0) is 14.7. The lowest BCUT2D eigenvalue weighted by atomic mass is 10.1. The standard InChI is InChI=1S/C15H19N3OS/c1-9-4-5-10(2)13(6-9)18-14(19)7-12-8-20-15(17-12)11(3)16/h4-6,8,11H,7,16H2,1-3H3,(H,18,19). The van der Waals surface area contributed by atoms with Crippen LogP contribution >= 0.6 is 11.3 Å². The van der Waals surface area contributed by atoms with E-state index in [-0.39, 0.29) is 18.4 Å². The van der Waals surface area contributed by atoms with Gasteiger partial charge in [-0.05, 0) is 38.0 Å².